The predicted octanol–water partition coefficient (Wildman–Crippen LogP) is 4.33. The molecule has 0 spiro atoms. The molecule has 0 N–H and O–H groups in total. The second-order valence-corrected chi connectivity index (χ2v) is 8.24. The molecule has 27 heavy (non-hydrogen) atoms. The SMILES string of the molecule is CN1CCCC(COc2ccc3nc(-c4csc5ccccc45)cn3n2)C1. The summed E-state index contributed by atoms with van der Waals surface area (Å²) in [7, 11) is 2.18. The quantitative estimate of drug-likeness (QED) is 0.530. The van der Waals surface area contributed by atoms with Crippen molar-refractivity contribution in [2.24, 2.45) is 5.92 Å². The Morgan fingerprint density at radius 2 is 2.15 bits per heavy atom. The third kappa shape index (κ3) is 3.31. The first-order valence-corrected chi connectivity index (χ1v) is 10.3. The van der Waals surface area contributed by atoms with Crippen molar-refractivity contribution in [2.75, 3.05) is 26.7 Å². The fourth-order valence-electron chi connectivity index (χ4n) is 3.86. The lowest BCUT2D eigenvalue weighted by Crippen LogP contribution is -2.34. The van der Waals surface area contributed by atoms with Crippen molar-refractivity contribution in [1.29, 1.82) is 0 Å². The Labute approximate surface area is 162 Å². The summed E-state index contributed by atoms with van der Waals surface area (Å²) in [5, 5.41) is 8.02. The number of aromatic nitrogens is 3. The maximum absolute atomic E-state index is 5.99. The van der Waals surface area contributed by atoms with Crippen LogP contribution in [0.25, 0.3) is 27.0 Å². The van der Waals surface area contributed by atoms with Gasteiger partial charge in [-0.3, -0.25) is 0 Å². The zero-order valence-electron chi connectivity index (χ0n) is 15.3. The van der Waals surface area contributed by atoms with Crippen LogP contribution in [0.2, 0.25) is 0 Å². The number of thiophene rings is 1. The lowest BCUT2D eigenvalue weighted by Gasteiger charge is -2.29. The number of benzene rings is 1. The topological polar surface area (TPSA) is 42.7 Å². The smallest absolute Gasteiger partial charge is 0.231 e. The van der Waals surface area contributed by atoms with E-state index in [1.807, 2.05) is 22.8 Å². The fraction of sp³-hybridized carbons (Fsp3) is 0.333. The average Bonchev–Trinajstić information content (AvgIpc) is 3.29. The number of nitrogens with zero attached hydrogens (tertiary/aromatic N) is 4. The van der Waals surface area contributed by atoms with E-state index in [1.165, 1.54) is 29.5 Å². The van der Waals surface area contributed by atoms with Gasteiger partial charge in [0.15, 0.2) is 5.65 Å². The Morgan fingerprint density at radius 3 is 3.07 bits per heavy atom. The average molecular weight is 379 g/mol. The van der Waals surface area contributed by atoms with E-state index in [4.69, 9.17) is 9.72 Å². The van der Waals surface area contributed by atoms with Crippen molar-refractivity contribution in [1.82, 2.24) is 19.5 Å². The molecule has 0 radical (unpaired) electrons. The van der Waals surface area contributed by atoms with Crippen molar-refractivity contribution in [3.05, 3.63) is 48.0 Å². The molecule has 0 amide bonds. The highest BCUT2D eigenvalue weighted by Crippen LogP contribution is 2.33. The summed E-state index contributed by atoms with van der Waals surface area (Å²) in [5.41, 5.74) is 2.95. The van der Waals surface area contributed by atoms with E-state index in [0.29, 0.717) is 11.8 Å². The fourth-order valence-corrected chi connectivity index (χ4v) is 4.81. The molecule has 1 aliphatic rings. The molecule has 138 valence electrons. The van der Waals surface area contributed by atoms with Gasteiger partial charge in [0.05, 0.1) is 18.5 Å². The summed E-state index contributed by atoms with van der Waals surface area (Å²) in [6.45, 7) is 3.01. The van der Waals surface area contributed by atoms with Crippen LogP contribution in [0.5, 0.6) is 5.88 Å². The zero-order chi connectivity index (χ0) is 18.2. The Hall–Kier alpha value is -2.44. The van der Waals surface area contributed by atoms with Crippen LogP contribution in [-0.4, -0.2) is 46.2 Å². The van der Waals surface area contributed by atoms with Gasteiger partial charge in [-0.15, -0.1) is 16.4 Å². The third-order valence-corrected chi connectivity index (χ3v) is 6.20. The van der Waals surface area contributed by atoms with Crippen LogP contribution < -0.4 is 4.74 Å². The molecule has 5 rings (SSSR count). The summed E-state index contributed by atoms with van der Waals surface area (Å²) in [6.07, 6.45) is 4.47. The molecule has 0 aliphatic carbocycles. The van der Waals surface area contributed by atoms with Crippen molar-refractivity contribution in [3.63, 3.8) is 0 Å². The van der Waals surface area contributed by atoms with Crippen molar-refractivity contribution in [3.8, 4) is 17.1 Å². The number of likely N-dealkylation sites (tertiary alicyclic amines) is 1. The summed E-state index contributed by atoms with van der Waals surface area (Å²) >= 11 is 1.75. The van der Waals surface area contributed by atoms with Crippen molar-refractivity contribution >= 4 is 27.1 Å². The number of rotatable bonds is 4. The third-order valence-electron chi connectivity index (χ3n) is 5.24. The summed E-state index contributed by atoms with van der Waals surface area (Å²) in [5.74, 6) is 1.24. The van der Waals surface area contributed by atoms with Gasteiger partial charge in [-0.25, -0.2) is 9.50 Å². The second-order valence-electron chi connectivity index (χ2n) is 7.33. The van der Waals surface area contributed by atoms with Gasteiger partial charge in [0, 0.05) is 39.6 Å². The zero-order valence-corrected chi connectivity index (χ0v) is 16.2. The second kappa shape index (κ2) is 6.94. The standard InChI is InChI=1S/C21H22N4OS/c1-24-10-4-5-15(11-24)13-26-21-9-8-20-22-18(12-25(20)23-21)17-14-27-19-7-3-2-6-16(17)19/h2-3,6-9,12,14-15H,4-5,10-11,13H2,1H3. The first kappa shape index (κ1) is 16.7. The van der Waals surface area contributed by atoms with E-state index in [0.717, 1.165) is 30.1 Å². The van der Waals surface area contributed by atoms with E-state index in [1.54, 1.807) is 11.3 Å². The van der Waals surface area contributed by atoms with Crippen molar-refractivity contribution < 1.29 is 4.74 Å². The molecule has 1 atom stereocenters. The number of hydrogen-bond acceptors (Lipinski definition) is 5. The minimum absolute atomic E-state index is 0.580. The number of piperidine rings is 1. The van der Waals surface area contributed by atoms with Crippen LogP contribution >= 0.6 is 11.3 Å². The Morgan fingerprint density at radius 1 is 1.22 bits per heavy atom. The first-order chi connectivity index (χ1) is 13.3. The molecule has 1 fully saturated rings. The van der Waals surface area contributed by atoms with Crippen LogP contribution in [0.4, 0.5) is 0 Å². The molecule has 1 aliphatic heterocycles. The van der Waals surface area contributed by atoms with Crippen LogP contribution in [-0.2, 0) is 0 Å². The van der Waals surface area contributed by atoms with Gasteiger partial charge >= 0.3 is 0 Å². The summed E-state index contributed by atoms with van der Waals surface area (Å²) in [6, 6.07) is 12.3. The maximum atomic E-state index is 5.99. The molecule has 6 heteroatoms. The lowest BCUT2D eigenvalue weighted by atomic mass is 10.00. The van der Waals surface area contributed by atoms with E-state index < -0.39 is 0 Å². The predicted molar refractivity (Wildman–Crippen MR) is 110 cm³/mol. The molecule has 3 aromatic heterocycles. The van der Waals surface area contributed by atoms with Gasteiger partial charge in [0.1, 0.15) is 0 Å². The van der Waals surface area contributed by atoms with Gasteiger partial charge in [-0.05, 0) is 38.6 Å². The molecule has 4 aromatic rings. The van der Waals surface area contributed by atoms with Gasteiger partial charge < -0.3 is 9.64 Å². The maximum Gasteiger partial charge on any atom is 0.231 e. The Kier molecular flexibility index (Phi) is 4.30. The molecule has 0 saturated carbocycles. The largest absolute Gasteiger partial charge is 0.476 e. The molecule has 1 aromatic carbocycles. The summed E-state index contributed by atoms with van der Waals surface area (Å²) < 4.78 is 9.09. The number of hydrogen-bond donors (Lipinski definition) is 0. The van der Waals surface area contributed by atoms with E-state index >= 15 is 0 Å². The van der Waals surface area contributed by atoms with Crippen molar-refractivity contribution in [2.45, 2.75) is 12.8 Å². The van der Waals surface area contributed by atoms with Crippen LogP contribution in [0.3, 0.4) is 0 Å². The lowest BCUT2D eigenvalue weighted by molar-refractivity contribution is 0.146. The molecule has 4 heterocycles. The molecule has 1 unspecified atom stereocenters. The van der Waals surface area contributed by atoms with Crippen LogP contribution in [0.15, 0.2) is 48.0 Å². The molecule has 1 saturated heterocycles. The molecule has 5 nitrogen and oxygen atoms in total. The van der Waals surface area contributed by atoms with E-state index in [2.05, 4.69) is 46.7 Å². The summed E-state index contributed by atoms with van der Waals surface area (Å²) in [4.78, 5) is 7.13. The van der Waals surface area contributed by atoms with E-state index in [-0.39, 0.29) is 0 Å². The minimum Gasteiger partial charge on any atom is -0.476 e. The normalized spacial score (nSPS) is 18.3. The monoisotopic (exact) mass is 378 g/mol. The van der Waals surface area contributed by atoms with Gasteiger partial charge in [-0.2, -0.15) is 0 Å². The van der Waals surface area contributed by atoms with Crippen LogP contribution in [0.1, 0.15) is 12.8 Å². The van der Waals surface area contributed by atoms with E-state index in [9.17, 15) is 0 Å². The number of imidazole rings is 1. The van der Waals surface area contributed by atoms with Gasteiger partial charge in [0.25, 0.3) is 0 Å². The highest BCUT2D eigenvalue weighted by molar-refractivity contribution is 7.17. The number of ether oxygens (including phenoxy) is 1. The highest BCUT2D eigenvalue weighted by atomic mass is 32.1. The molecular formula is C21H22N4OS. The Balaban J connectivity index is 1.38. The minimum atomic E-state index is 0.580. The van der Waals surface area contributed by atoms with Crippen LogP contribution in [0, 0.1) is 5.92 Å². The van der Waals surface area contributed by atoms with Gasteiger partial charge in [-0.1, -0.05) is 18.2 Å². The first-order valence-electron chi connectivity index (χ1n) is 9.41. The molecular weight excluding hydrogens is 356 g/mol. The molecule has 0 bridgehead atoms. The number of fused-ring (bicyclic) bond motifs is 2. The van der Waals surface area contributed by atoms with Gasteiger partial charge in [0.2, 0.25) is 5.88 Å². The Bertz CT molecular complexity index is 1090. The highest BCUT2D eigenvalue weighted by Gasteiger charge is 2.18.